The number of aliphatic hydroxyl groups is 4. The zero-order valence-corrected chi connectivity index (χ0v) is 50.5. The maximum atomic E-state index is 11.0. The van der Waals surface area contributed by atoms with Crippen molar-refractivity contribution in [1.29, 1.82) is 0 Å². The summed E-state index contributed by atoms with van der Waals surface area (Å²) >= 11 is 0. The number of benzene rings is 4. The zero-order chi connectivity index (χ0) is 61.6. The maximum absolute atomic E-state index is 11.0. The van der Waals surface area contributed by atoms with Crippen LogP contribution in [0.3, 0.4) is 0 Å². The van der Waals surface area contributed by atoms with Crippen molar-refractivity contribution in [3.63, 3.8) is 0 Å². The highest BCUT2D eigenvalue weighted by Crippen LogP contribution is 2.54. The Hall–Kier alpha value is -9.84. The fourth-order valence-corrected chi connectivity index (χ4v) is 17.0. The molecule has 8 aliphatic rings. The number of aromatic nitrogens is 12. The van der Waals surface area contributed by atoms with Crippen molar-refractivity contribution in [2.45, 2.75) is 99.9 Å². The number of aryl methyl sites for hydroxylation is 4. The zero-order valence-electron chi connectivity index (χ0n) is 50.5. The lowest BCUT2D eigenvalue weighted by Gasteiger charge is -2.34. The quantitative estimate of drug-likeness (QED) is 0.130. The second kappa shape index (κ2) is 23.1. The highest BCUT2D eigenvalue weighted by molar-refractivity contribution is 5.72. The van der Waals surface area contributed by atoms with Crippen LogP contribution in [0.5, 0.6) is 0 Å². The molecular weight excluding hydrogens is 1140 g/mol. The van der Waals surface area contributed by atoms with Crippen molar-refractivity contribution in [2.75, 3.05) is 0 Å². The lowest BCUT2D eigenvalue weighted by Crippen LogP contribution is -2.29. The summed E-state index contributed by atoms with van der Waals surface area (Å²) in [6.07, 6.45) is 27.9. The predicted molar refractivity (Wildman–Crippen MR) is 347 cm³/mol. The number of hydrogen-bond donors (Lipinski definition) is 4. The molecule has 12 aromatic rings. The third-order valence-corrected chi connectivity index (χ3v) is 21.1. The molecule has 92 heavy (non-hydrogen) atoms. The SMILES string of the molecule is O[C@@H]1c2ncccc2CC[C@@H]1[C@@H]1c2ccccc2-c2cncn21.O[C@@H]1c2ncccc2CC[C@H]1[C@H]1c2ccccc2-c2cncn21.O[C@H]1c2ncccc2CC[C@@H]1[C@@H]1c2ccccc2-c2cncn21.O[C@H]1c2ncccc2CC[C@H]1[C@H]1c2ccccc2-c2cncn21. The first-order chi connectivity index (χ1) is 45.4. The van der Waals surface area contributed by atoms with E-state index in [4.69, 9.17) is 0 Å². The molecule has 456 valence electrons. The van der Waals surface area contributed by atoms with Gasteiger partial charge in [0.25, 0.3) is 0 Å². The van der Waals surface area contributed by atoms with E-state index in [2.05, 4.69) is 179 Å². The molecular formula is C76H68N12O4. The van der Waals surface area contributed by atoms with Crippen molar-refractivity contribution in [3.8, 4) is 45.0 Å². The molecule has 20 rings (SSSR count). The molecule has 0 amide bonds. The third kappa shape index (κ3) is 9.16. The van der Waals surface area contributed by atoms with Gasteiger partial charge in [0.1, 0.15) is 24.4 Å². The summed E-state index contributed by atoms with van der Waals surface area (Å²) < 4.78 is 8.86. The molecule has 0 radical (unpaired) electrons. The van der Waals surface area contributed by atoms with E-state index >= 15 is 0 Å². The first-order valence-electron chi connectivity index (χ1n) is 32.3. The van der Waals surface area contributed by atoms with E-state index in [1.807, 2.05) is 74.4 Å². The Morgan fingerprint density at radius 1 is 0.283 bits per heavy atom. The molecule has 4 aliphatic heterocycles. The Morgan fingerprint density at radius 3 is 0.750 bits per heavy atom. The van der Waals surface area contributed by atoms with Crippen molar-refractivity contribution >= 4 is 0 Å². The van der Waals surface area contributed by atoms with Crippen LogP contribution in [0.2, 0.25) is 0 Å². The molecule has 0 spiro atoms. The molecule has 4 aliphatic carbocycles. The van der Waals surface area contributed by atoms with Gasteiger partial charge < -0.3 is 38.7 Å². The topological polar surface area (TPSA) is 204 Å². The monoisotopic (exact) mass is 1210 g/mol. The summed E-state index contributed by atoms with van der Waals surface area (Å²) in [5.74, 6) is 0.478. The molecule has 8 aromatic heterocycles. The third-order valence-electron chi connectivity index (χ3n) is 21.1. The Morgan fingerprint density at radius 2 is 0.511 bits per heavy atom. The van der Waals surface area contributed by atoms with Gasteiger partial charge in [-0.1, -0.05) is 121 Å². The fraction of sp³-hybridized carbons (Fsp3) is 0.263. The lowest BCUT2D eigenvalue weighted by atomic mass is 9.78. The van der Waals surface area contributed by atoms with Crippen molar-refractivity contribution in [1.82, 2.24) is 58.1 Å². The van der Waals surface area contributed by atoms with Gasteiger partial charge in [-0.25, -0.2) is 19.9 Å². The van der Waals surface area contributed by atoms with E-state index in [1.54, 1.807) is 24.8 Å². The van der Waals surface area contributed by atoms with E-state index in [1.165, 1.54) is 66.8 Å². The second-order valence-electron chi connectivity index (χ2n) is 25.7. The van der Waals surface area contributed by atoms with E-state index in [0.29, 0.717) is 0 Å². The van der Waals surface area contributed by atoms with Crippen LogP contribution in [0, 0.1) is 23.7 Å². The van der Waals surface area contributed by atoms with E-state index < -0.39 is 24.4 Å². The smallest absolute Gasteiger partial charge is 0.101 e. The van der Waals surface area contributed by atoms with Crippen LogP contribution in [0.25, 0.3) is 45.0 Å². The molecule has 0 fully saturated rings. The highest BCUT2D eigenvalue weighted by Gasteiger charge is 2.45. The predicted octanol–water partition coefficient (Wildman–Crippen LogP) is 12.6. The minimum Gasteiger partial charge on any atom is -0.386 e. The summed E-state index contributed by atoms with van der Waals surface area (Å²) in [7, 11) is 0. The van der Waals surface area contributed by atoms with Crippen molar-refractivity contribution < 1.29 is 20.4 Å². The number of nitrogens with zero attached hydrogens (tertiary/aromatic N) is 12. The van der Waals surface area contributed by atoms with Gasteiger partial charge in [-0.15, -0.1) is 0 Å². The second-order valence-corrected chi connectivity index (χ2v) is 25.7. The number of pyridine rings is 4. The number of fused-ring (bicyclic) bond motifs is 16. The molecule has 0 saturated carbocycles. The molecule has 4 N–H and O–H groups in total. The van der Waals surface area contributed by atoms with Gasteiger partial charge in [0, 0.05) is 70.7 Å². The van der Waals surface area contributed by atoms with E-state index in [0.717, 1.165) is 96.9 Å². The Balaban J connectivity index is 0.0000000939. The lowest BCUT2D eigenvalue weighted by molar-refractivity contribution is 0.0678. The van der Waals surface area contributed by atoms with Crippen LogP contribution in [-0.4, -0.2) is 78.6 Å². The molecule has 0 unspecified atom stereocenters. The number of aliphatic hydroxyl groups excluding tert-OH is 4. The summed E-state index contributed by atoms with van der Waals surface area (Å²) in [5, 5.41) is 43.9. The Kier molecular flexibility index (Phi) is 14.1. The van der Waals surface area contributed by atoms with Gasteiger partial charge >= 0.3 is 0 Å². The first kappa shape index (κ1) is 56.2. The normalized spacial score (nSPS) is 24.8. The molecule has 12 heterocycles. The van der Waals surface area contributed by atoms with Gasteiger partial charge in [-0.05, 0) is 120 Å². The molecule has 16 heteroatoms. The average molecular weight is 1210 g/mol. The van der Waals surface area contributed by atoms with Gasteiger partial charge in [0.05, 0.1) is 120 Å². The Bertz CT molecular complexity index is 4130. The summed E-state index contributed by atoms with van der Waals surface area (Å²) in [6.45, 7) is 0. The van der Waals surface area contributed by atoms with Crippen molar-refractivity contribution in [3.05, 3.63) is 288 Å². The highest BCUT2D eigenvalue weighted by atomic mass is 16.3. The minimum atomic E-state index is -0.536. The van der Waals surface area contributed by atoms with Gasteiger partial charge in [-0.2, -0.15) is 0 Å². The largest absolute Gasteiger partial charge is 0.386 e. The maximum Gasteiger partial charge on any atom is 0.101 e. The van der Waals surface area contributed by atoms with Crippen LogP contribution in [0.4, 0.5) is 0 Å². The molecule has 4 aromatic carbocycles. The van der Waals surface area contributed by atoms with E-state index in [-0.39, 0.29) is 47.8 Å². The first-order valence-corrected chi connectivity index (χ1v) is 32.3. The Labute approximate surface area is 532 Å². The average Bonchev–Trinajstić information content (AvgIpc) is 1.62. The molecule has 16 nitrogen and oxygen atoms in total. The number of imidazole rings is 4. The van der Waals surface area contributed by atoms with Crippen LogP contribution >= 0.6 is 0 Å². The van der Waals surface area contributed by atoms with Crippen LogP contribution in [-0.2, 0) is 25.7 Å². The molecule has 0 saturated heterocycles. The fourth-order valence-electron chi connectivity index (χ4n) is 17.0. The van der Waals surface area contributed by atoms with Crippen LogP contribution in [0.15, 0.2) is 220 Å². The summed E-state index contributed by atoms with van der Waals surface area (Å²) in [4.78, 5) is 35.1. The van der Waals surface area contributed by atoms with Gasteiger partial charge in [-0.3, -0.25) is 19.9 Å². The van der Waals surface area contributed by atoms with Crippen molar-refractivity contribution in [2.24, 2.45) is 23.7 Å². The van der Waals surface area contributed by atoms with E-state index in [9.17, 15) is 20.4 Å². The number of rotatable bonds is 4. The van der Waals surface area contributed by atoms with Gasteiger partial charge in [0.15, 0.2) is 0 Å². The van der Waals surface area contributed by atoms with Crippen LogP contribution < -0.4 is 0 Å². The molecule has 12 atom stereocenters. The minimum absolute atomic E-state index is 0.119. The summed E-state index contributed by atoms with van der Waals surface area (Å²) in [6, 6.07) is 50.5. The summed E-state index contributed by atoms with van der Waals surface area (Å²) in [5.41, 5.74) is 22.7. The standard InChI is InChI=1S/4C19H17N3O/c4*23-19-15(8-7-12-4-3-9-21-17(12)19)18-14-6-2-1-5-13(14)16-10-20-11-22(16)18/h4*1-6,9-11,15,18-19,23H,7-8H2/t2*15-,18+,19+;2*15-,18+,19-/m1010/s1. The number of hydrogen-bond acceptors (Lipinski definition) is 12. The van der Waals surface area contributed by atoms with Gasteiger partial charge in [0.2, 0.25) is 0 Å². The van der Waals surface area contributed by atoms with Crippen LogP contribution in [0.1, 0.15) is 142 Å². The molecule has 0 bridgehead atoms.